The van der Waals surface area contributed by atoms with Crippen molar-refractivity contribution in [2.45, 2.75) is 6.10 Å². The zero-order valence-electron chi connectivity index (χ0n) is 9.71. The highest BCUT2D eigenvalue weighted by molar-refractivity contribution is 9.10. The number of morpholine rings is 1. The number of ether oxygens (including phenoxy) is 1. The summed E-state index contributed by atoms with van der Waals surface area (Å²) in [5.41, 5.74) is 1.03. The van der Waals surface area contributed by atoms with Crippen molar-refractivity contribution < 1.29 is 4.74 Å². The first-order valence-corrected chi connectivity index (χ1v) is 6.60. The average molecular weight is 309 g/mol. The molecular formula is C12H13BrN4O. The summed E-state index contributed by atoms with van der Waals surface area (Å²) < 4.78 is 8.67. The van der Waals surface area contributed by atoms with Gasteiger partial charge in [0.2, 0.25) is 0 Å². The van der Waals surface area contributed by atoms with Crippen molar-refractivity contribution >= 4 is 15.9 Å². The van der Waals surface area contributed by atoms with Gasteiger partial charge in [-0.05, 0) is 28.1 Å². The molecule has 0 spiro atoms. The van der Waals surface area contributed by atoms with Crippen molar-refractivity contribution in [3.8, 4) is 5.82 Å². The summed E-state index contributed by atoms with van der Waals surface area (Å²) in [6, 6.07) is 3.91. The van der Waals surface area contributed by atoms with Crippen LogP contribution in [0.25, 0.3) is 5.82 Å². The lowest BCUT2D eigenvalue weighted by Gasteiger charge is -2.24. The monoisotopic (exact) mass is 308 g/mol. The molecule has 1 unspecified atom stereocenters. The first-order chi connectivity index (χ1) is 8.84. The van der Waals surface area contributed by atoms with Crippen LogP contribution >= 0.6 is 15.9 Å². The first-order valence-electron chi connectivity index (χ1n) is 5.81. The van der Waals surface area contributed by atoms with Crippen LogP contribution < -0.4 is 5.32 Å². The lowest BCUT2D eigenvalue weighted by atomic mass is 10.2. The van der Waals surface area contributed by atoms with E-state index in [1.54, 1.807) is 12.5 Å². The summed E-state index contributed by atoms with van der Waals surface area (Å²) in [7, 11) is 0. The van der Waals surface area contributed by atoms with Gasteiger partial charge in [-0.15, -0.1) is 0 Å². The average Bonchev–Trinajstić information content (AvgIpc) is 2.90. The summed E-state index contributed by atoms with van der Waals surface area (Å²) in [6.07, 6.45) is 5.41. The van der Waals surface area contributed by atoms with Gasteiger partial charge in [0.05, 0.1) is 18.5 Å². The van der Waals surface area contributed by atoms with Gasteiger partial charge < -0.3 is 10.1 Å². The standard InChI is InChI=1S/C12H13BrN4O/c13-9-1-2-12(16-5-9)17-8-15-6-10(17)11-7-14-3-4-18-11/h1-2,5-6,8,11,14H,3-4,7H2. The Balaban J connectivity index is 1.93. The van der Waals surface area contributed by atoms with Crippen molar-refractivity contribution in [3.05, 3.63) is 41.0 Å². The van der Waals surface area contributed by atoms with Gasteiger partial charge in [0.15, 0.2) is 0 Å². The molecule has 6 heteroatoms. The number of rotatable bonds is 2. The van der Waals surface area contributed by atoms with Gasteiger partial charge in [0.25, 0.3) is 0 Å². The molecule has 0 bridgehead atoms. The van der Waals surface area contributed by atoms with E-state index in [1.165, 1.54) is 0 Å². The largest absolute Gasteiger partial charge is 0.369 e. The lowest BCUT2D eigenvalue weighted by molar-refractivity contribution is 0.0240. The number of hydrogen-bond donors (Lipinski definition) is 1. The van der Waals surface area contributed by atoms with E-state index < -0.39 is 0 Å². The maximum Gasteiger partial charge on any atom is 0.138 e. The fraction of sp³-hybridized carbons (Fsp3) is 0.333. The molecule has 3 heterocycles. The normalized spacial score (nSPS) is 19.9. The van der Waals surface area contributed by atoms with E-state index in [1.807, 2.05) is 22.9 Å². The number of halogens is 1. The molecule has 1 N–H and O–H groups in total. The smallest absolute Gasteiger partial charge is 0.138 e. The first kappa shape index (κ1) is 11.8. The molecule has 0 aliphatic carbocycles. The summed E-state index contributed by atoms with van der Waals surface area (Å²) in [5, 5.41) is 3.32. The summed E-state index contributed by atoms with van der Waals surface area (Å²) in [5.74, 6) is 0.847. The number of imidazole rings is 1. The van der Waals surface area contributed by atoms with E-state index in [9.17, 15) is 0 Å². The van der Waals surface area contributed by atoms with E-state index >= 15 is 0 Å². The third-order valence-corrected chi connectivity index (χ3v) is 3.35. The minimum atomic E-state index is 0.0340. The second-order valence-electron chi connectivity index (χ2n) is 4.09. The molecule has 2 aromatic heterocycles. The van der Waals surface area contributed by atoms with E-state index in [0.717, 1.165) is 35.7 Å². The zero-order valence-corrected chi connectivity index (χ0v) is 11.3. The van der Waals surface area contributed by atoms with Crippen molar-refractivity contribution in [2.75, 3.05) is 19.7 Å². The second kappa shape index (κ2) is 5.17. The molecule has 0 saturated carbocycles. The van der Waals surface area contributed by atoms with Crippen molar-refractivity contribution in [1.82, 2.24) is 19.9 Å². The second-order valence-corrected chi connectivity index (χ2v) is 5.00. The van der Waals surface area contributed by atoms with E-state index in [2.05, 4.69) is 31.2 Å². The molecule has 0 aromatic carbocycles. The molecule has 0 radical (unpaired) electrons. The molecule has 2 aromatic rings. The van der Waals surface area contributed by atoms with Gasteiger partial charge in [0.1, 0.15) is 18.2 Å². The zero-order chi connectivity index (χ0) is 12.4. The van der Waals surface area contributed by atoms with Gasteiger partial charge in [-0.1, -0.05) is 0 Å². The van der Waals surface area contributed by atoms with Crippen molar-refractivity contribution in [2.24, 2.45) is 0 Å². The van der Waals surface area contributed by atoms with E-state index in [4.69, 9.17) is 4.74 Å². The quantitative estimate of drug-likeness (QED) is 0.917. The predicted octanol–water partition coefficient (Wildman–Crippen LogP) is 1.69. The van der Waals surface area contributed by atoms with Crippen molar-refractivity contribution in [1.29, 1.82) is 0 Å². The molecule has 5 nitrogen and oxygen atoms in total. The Bertz CT molecular complexity index is 519. The Morgan fingerprint density at radius 3 is 3.06 bits per heavy atom. The SMILES string of the molecule is Brc1ccc(-n2cncc2C2CNCCO2)nc1. The van der Waals surface area contributed by atoms with Crippen LogP contribution in [-0.2, 0) is 4.74 Å². The lowest BCUT2D eigenvalue weighted by Crippen LogP contribution is -2.34. The highest BCUT2D eigenvalue weighted by Crippen LogP contribution is 2.21. The van der Waals surface area contributed by atoms with Gasteiger partial charge in [0, 0.05) is 23.8 Å². The van der Waals surface area contributed by atoms with Crippen LogP contribution in [-0.4, -0.2) is 34.2 Å². The highest BCUT2D eigenvalue weighted by atomic mass is 79.9. The van der Waals surface area contributed by atoms with Crippen LogP contribution in [0, 0.1) is 0 Å². The number of pyridine rings is 1. The van der Waals surface area contributed by atoms with Crippen LogP contribution in [0.4, 0.5) is 0 Å². The molecule has 1 aliphatic heterocycles. The predicted molar refractivity (Wildman–Crippen MR) is 70.6 cm³/mol. The van der Waals surface area contributed by atoms with Crippen LogP contribution in [0.1, 0.15) is 11.8 Å². The number of nitrogens with one attached hydrogen (secondary N) is 1. The minimum Gasteiger partial charge on any atom is -0.369 e. The Morgan fingerprint density at radius 1 is 1.39 bits per heavy atom. The van der Waals surface area contributed by atoms with Gasteiger partial charge in [-0.3, -0.25) is 4.57 Å². The van der Waals surface area contributed by atoms with E-state index in [0.29, 0.717) is 0 Å². The maximum absolute atomic E-state index is 5.75. The number of aromatic nitrogens is 3. The Labute approximate surface area is 113 Å². The number of hydrogen-bond acceptors (Lipinski definition) is 4. The Morgan fingerprint density at radius 2 is 2.33 bits per heavy atom. The summed E-state index contributed by atoms with van der Waals surface area (Å²) in [6.45, 7) is 2.44. The molecular weight excluding hydrogens is 296 g/mol. The number of nitrogens with zero attached hydrogens (tertiary/aromatic N) is 3. The Hall–Kier alpha value is -1.24. The maximum atomic E-state index is 5.75. The topological polar surface area (TPSA) is 52.0 Å². The molecule has 94 valence electrons. The highest BCUT2D eigenvalue weighted by Gasteiger charge is 2.20. The fourth-order valence-corrected chi connectivity index (χ4v) is 2.24. The molecule has 3 rings (SSSR count). The Kier molecular flexibility index (Phi) is 3.40. The molecule has 1 saturated heterocycles. The van der Waals surface area contributed by atoms with Crippen LogP contribution in [0.3, 0.4) is 0 Å². The fourth-order valence-electron chi connectivity index (χ4n) is 2.00. The molecule has 1 atom stereocenters. The van der Waals surface area contributed by atoms with Crippen LogP contribution in [0.5, 0.6) is 0 Å². The van der Waals surface area contributed by atoms with Gasteiger partial charge in [-0.2, -0.15) is 0 Å². The third-order valence-electron chi connectivity index (χ3n) is 2.88. The van der Waals surface area contributed by atoms with Gasteiger partial charge in [-0.25, -0.2) is 9.97 Å². The minimum absolute atomic E-state index is 0.0340. The molecule has 1 aliphatic rings. The molecule has 1 fully saturated rings. The van der Waals surface area contributed by atoms with E-state index in [-0.39, 0.29) is 6.10 Å². The van der Waals surface area contributed by atoms with Gasteiger partial charge >= 0.3 is 0 Å². The van der Waals surface area contributed by atoms with Crippen LogP contribution in [0.2, 0.25) is 0 Å². The summed E-state index contributed by atoms with van der Waals surface area (Å²) in [4.78, 5) is 8.58. The molecule has 18 heavy (non-hydrogen) atoms. The molecule has 0 amide bonds. The summed E-state index contributed by atoms with van der Waals surface area (Å²) >= 11 is 3.38. The van der Waals surface area contributed by atoms with Crippen LogP contribution in [0.15, 0.2) is 35.3 Å². The van der Waals surface area contributed by atoms with Crippen molar-refractivity contribution in [3.63, 3.8) is 0 Å². The third kappa shape index (κ3) is 2.31.